The molecular formula is C48H80N2O37S2. The molecule has 21 saturated heterocycles. The van der Waals surface area contributed by atoms with Gasteiger partial charge in [0.1, 0.15) is 171 Å². The van der Waals surface area contributed by atoms with E-state index in [-0.39, 0.29) is 11.5 Å². The number of carboxylic acid groups (broad SMARTS) is 2. The summed E-state index contributed by atoms with van der Waals surface area (Å²) in [6.07, 6.45) is -71.4. The fourth-order valence-electron chi connectivity index (χ4n) is 11.2. The van der Waals surface area contributed by atoms with Crippen LogP contribution >= 0.6 is 23.5 Å². The monoisotopic (exact) mass is 1340 g/mol. The lowest BCUT2D eigenvalue weighted by Crippen LogP contribution is -2.68. The predicted octanol–water partition coefficient (Wildman–Crippen LogP) is -14.9. The summed E-state index contributed by atoms with van der Waals surface area (Å²) in [7, 11) is 0. The van der Waals surface area contributed by atoms with Crippen LogP contribution in [0.5, 0.6) is 0 Å². The number of carboxylic acids is 2. The predicted molar refractivity (Wildman–Crippen MR) is 280 cm³/mol. The third-order valence-corrected chi connectivity index (χ3v) is 18.5. The first-order valence-corrected chi connectivity index (χ1v) is 30.4. The average molecular weight is 1340 g/mol. The first-order chi connectivity index (χ1) is 42.2. The van der Waals surface area contributed by atoms with Crippen LogP contribution in [0.1, 0.15) is 0 Å². The third kappa shape index (κ3) is 15.9. The number of ether oxygens (including phenoxy) is 14. The van der Waals surface area contributed by atoms with Gasteiger partial charge in [-0.2, -0.15) is 23.5 Å². The molecule has 37 atom stereocenters. The molecule has 21 heterocycles. The summed E-state index contributed by atoms with van der Waals surface area (Å²) in [5, 5.41) is 233. The highest BCUT2D eigenvalue weighted by atomic mass is 32.2. The minimum atomic E-state index is -2.27. The van der Waals surface area contributed by atoms with Crippen LogP contribution in [0.3, 0.4) is 0 Å². The molecular weight excluding hydrogens is 1260 g/mol. The maximum Gasteiger partial charge on any atom is 0.321 e. The normalized spacial score (nSPS) is 50.1. The minimum absolute atomic E-state index is 0.319. The van der Waals surface area contributed by atoms with Gasteiger partial charge in [0.05, 0.1) is 45.2 Å². The number of hydrogen-bond acceptors (Lipinski definition) is 39. The van der Waals surface area contributed by atoms with Crippen molar-refractivity contribution in [3.63, 3.8) is 0 Å². The summed E-state index contributed by atoms with van der Waals surface area (Å²) in [5.41, 5.74) is 11.4. The standard InChI is InChI=1S/C48H80N2O37S2/c49-10(40(70)71)6-88-8-17-38-25(62)32(69)48(80-17)85-37-16(5-55)76-44(28(65)21(37)58)83-35-14(3-53)78-46(30(67)23(35)60)87-39-18(9-89-7-11(50)41(72)73)79-47(31(68)24(39)61)84-36-15(4-54)75-43(27(64)20(36)57)81-33-12(1-51)74-42(26(63)19(33)56)82-34-13(2-52)77-45(86-38)29(66)22(34)59/h10-39,42-48,51-69H,1-9,49-50H2,(H,70,71)(H,72,73)/t10-,11-,12?,13?,14?,15?,16?,17?,18?,19-,20-,21-,22-,23-,24-,25-,26?,27?,28?,29?,30?,31?,32?,33-,34-,35+,36+,37-,38-,39+,42-,43-,44+,45-,46+,47+,48-/m1/s1. The van der Waals surface area contributed by atoms with Crippen molar-refractivity contribution in [2.24, 2.45) is 11.5 Å². The van der Waals surface area contributed by atoms with Crippen LogP contribution in [0.4, 0.5) is 0 Å². The van der Waals surface area contributed by atoms with Gasteiger partial charge in [-0.1, -0.05) is 0 Å². The molecule has 14 unspecified atom stereocenters. The van der Waals surface area contributed by atoms with Crippen molar-refractivity contribution in [3.8, 4) is 0 Å². The maximum absolute atomic E-state index is 11.7. The highest BCUT2D eigenvalue weighted by molar-refractivity contribution is 7.99. The summed E-state index contributed by atoms with van der Waals surface area (Å²) >= 11 is 1.60. The van der Waals surface area contributed by atoms with Gasteiger partial charge >= 0.3 is 11.9 Å². The number of carbonyl (C=O) groups is 2. The van der Waals surface area contributed by atoms with Crippen LogP contribution in [0, 0.1) is 0 Å². The largest absolute Gasteiger partial charge is 0.480 e. The van der Waals surface area contributed by atoms with Gasteiger partial charge in [0.15, 0.2) is 44.0 Å². The van der Waals surface area contributed by atoms with Gasteiger partial charge < -0.3 is 185 Å². The Morgan fingerprint density at radius 1 is 0.281 bits per heavy atom. The van der Waals surface area contributed by atoms with Crippen LogP contribution in [0.15, 0.2) is 0 Å². The molecule has 0 spiro atoms. The lowest BCUT2D eigenvalue weighted by Gasteiger charge is -2.50. The van der Waals surface area contributed by atoms with E-state index < -0.39 is 284 Å². The van der Waals surface area contributed by atoms with E-state index in [0.29, 0.717) is 0 Å². The molecule has 21 fully saturated rings. The van der Waals surface area contributed by atoms with Crippen LogP contribution in [-0.2, 0) is 75.9 Å². The highest BCUT2D eigenvalue weighted by Gasteiger charge is 2.60. The third-order valence-electron chi connectivity index (χ3n) is 16.2. The Bertz CT molecular complexity index is 2200. The maximum atomic E-state index is 11.7. The first-order valence-electron chi connectivity index (χ1n) is 28.1. The van der Waals surface area contributed by atoms with Gasteiger partial charge in [-0.25, -0.2) is 0 Å². The number of rotatable bonds is 15. The zero-order chi connectivity index (χ0) is 65.2. The molecule has 0 aliphatic carbocycles. The zero-order valence-electron chi connectivity index (χ0n) is 46.6. The topological polar surface area (TPSA) is 640 Å². The second-order valence-electron chi connectivity index (χ2n) is 22.3. The van der Waals surface area contributed by atoms with Gasteiger partial charge in [-0.05, 0) is 0 Å². The molecule has 0 aromatic carbocycles. The second kappa shape index (κ2) is 31.9. The quantitative estimate of drug-likeness (QED) is 0.0724. The lowest BCUT2D eigenvalue weighted by molar-refractivity contribution is -0.395. The van der Waals surface area contributed by atoms with E-state index in [1.54, 1.807) is 0 Å². The summed E-state index contributed by atoms with van der Waals surface area (Å²) < 4.78 is 81.6. The van der Waals surface area contributed by atoms with E-state index in [1.165, 1.54) is 0 Å². The van der Waals surface area contributed by atoms with Crippen molar-refractivity contribution < 1.29 is 183 Å². The lowest BCUT2D eigenvalue weighted by atomic mass is 9.95. The second-order valence-corrected chi connectivity index (χ2v) is 24.4. The molecule has 0 radical (unpaired) electrons. The fourth-order valence-corrected chi connectivity index (χ4v) is 13.2. The molecule has 14 bridgehead atoms. The molecule has 41 heteroatoms. The summed E-state index contributed by atoms with van der Waals surface area (Å²) in [6.45, 7) is -5.43. The SMILES string of the molecule is N[C@H](CSCC1O[C@@H]2O[C@@H]3C(CO)O[C@@H](O[C@H]4C(CO)O[C@@H](O[C@H]5C(CSC[C@@H](N)C(=O)O)O[C@@H](O[C@H]6C(CO)O[C@H](O[C@@H]7C(CO)O[C@H](O[C@@H]8C(CO)O[C@H](O[C@H]1[C@H](O)C2O)C(O)[C@H]8O)C(O)[C@H]7O)C(O)[C@H]6O)C(O)[C@H]5O)C(O)[C@H]4O)C(O)[C@H]3O)C(=O)O. The number of aliphatic carboxylic acids is 2. The van der Waals surface area contributed by atoms with E-state index in [2.05, 4.69) is 0 Å². The Labute approximate surface area is 511 Å². The van der Waals surface area contributed by atoms with Crippen molar-refractivity contribution in [1.82, 2.24) is 0 Å². The molecule has 25 N–H and O–H groups in total. The fraction of sp³-hybridized carbons (Fsp3) is 0.958. The van der Waals surface area contributed by atoms with E-state index in [9.17, 15) is 117 Å². The molecule has 21 aliphatic heterocycles. The van der Waals surface area contributed by atoms with Crippen molar-refractivity contribution in [2.45, 2.75) is 227 Å². The molecule has 0 amide bonds. The van der Waals surface area contributed by atoms with Crippen molar-refractivity contribution in [1.29, 1.82) is 0 Å². The summed E-state index contributed by atoms with van der Waals surface area (Å²) in [6, 6.07) is -2.94. The molecule has 39 nitrogen and oxygen atoms in total. The Balaban J connectivity index is 1.11. The van der Waals surface area contributed by atoms with E-state index in [1.807, 2.05) is 0 Å². The summed E-state index contributed by atoms with van der Waals surface area (Å²) in [4.78, 5) is 23.2. The van der Waals surface area contributed by atoms with Gasteiger partial charge in [0.2, 0.25) is 0 Å². The van der Waals surface area contributed by atoms with Gasteiger partial charge in [0, 0.05) is 23.0 Å². The van der Waals surface area contributed by atoms with Gasteiger partial charge in [-0.15, -0.1) is 0 Å². The van der Waals surface area contributed by atoms with Crippen LogP contribution in [0.2, 0.25) is 0 Å². The Kier molecular flexibility index (Phi) is 26.2. The molecule has 21 rings (SSSR count). The van der Waals surface area contributed by atoms with Crippen LogP contribution in [0.25, 0.3) is 0 Å². The molecule has 0 aromatic heterocycles. The molecule has 89 heavy (non-hydrogen) atoms. The molecule has 516 valence electrons. The number of nitrogens with two attached hydrogens (primary N) is 2. The highest BCUT2D eigenvalue weighted by Crippen LogP contribution is 2.40. The number of thioether (sulfide) groups is 2. The molecule has 0 saturated carbocycles. The van der Waals surface area contributed by atoms with E-state index in [0.717, 1.165) is 23.5 Å². The zero-order valence-corrected chi connectivity index (χ0v) is 48.3. The van der Waals surface area contributed by atoms with Crippen LogP contribution < -0.4 is 11.5 Å². The number of aliphatic hydroxyl groups excluding tert-OH is 19. The number of hydrogen-bond donors (Lipinski definition) is 23. The number of aliphatic hydroxyl groups is 19. The van der Waals surface area contributed by atoms with Crippen molar-refractivity contribution in [2.75, 3.05) is 56.0 Å². The Morgan fingerprint density at radius 2 is 0.438 bits per heavy atom. The van der Waals surface area contributed by atoms with Crippen LogP contribution in [-0.4, -0.2) is 402 Å². The van der Waals surface area contributed by atoms with E-state index in [4.69, 9.17) is 77.8 Å². The van der Waals surface area contributed by atoms with Gasteiger partial charge in [-0.3, -0.25) is 9.59 Å². The smallest absolute Gasteiger partial charge is 0.321 e. The Morgan fingerprint density at radius 3 is 0.596 bits per heavy atom. The Hall–Kier alpha value is -1.76. The van der Waals surface area contributed by atoms with Crippen molar-refractivity contribution in [3.05, 3.63) is 0 Å². The summed E-state index contributed by atoms with van der Waals surface area (Å²) in [5.74, 6) is -4.26. The van der Waals surface area contributed by atoms with Gasteiger partial charge in [0.25, 0.3) is 0 Å². The average Bonchev–Trinajstić information content (AvgIpc) is 0.983. The van der Waals surface area contributed by atoms with E-state index >= 15 is 0 Å². The first kappa shape index (κ1) is 73.1. The van der Waals surface area contributed by atoms with Crippen molar-refractivity contribution >= 4 is 35.5 Å². The molecule has 0 aromatic rings. The minimum Gasteiger partial charge on any atom is -0.480 e. The molecule has 21 aliphatic rings.